The van der Waals surface area contributed by atoms with E-state index < -0.39 is 0 Å². The van der Waals surface area contributed by atoms with E-state index in [1.165, 1.54) is 0 Å². The molecule has 0 radical (unpaired) electrons. The van der Waals surface area contributed by atoms with Crippen LogP contribution in [0.3, 0.4) is 0 Å². The van der Waals surface area contributed by atoms with Crippen LogP contribution >= 0.6 is 23.2 Å². The third kappa shape index (κ3) is 2.09. The van der Waals surface area contributed by atoms with Gasteiger partial charge in [-0.1, -0.05) is 30.1 Å². The van der Waals surface area contributed by atoms with Crippen LogP contribution in [0.4, 0.5) is 0 Å². The number of pyridine rings is 1. The largest absolute Gasteiger partial charge is 0.323 e. The van der Waals surface area contributed by atoms with Gasteiger partial charge in [-0.25, -0.2) is 0 Å². The third-order valence-electron chi connectivity index (χ3n) is 1.63. The minimum Gasteiger partial charge on any atom is -0.323 e. The molecule has 12 heavy (non-hydrogen) atoms. The number of halogens is 2. The maximum Gasteiger partial charge on any atom is 0.0757 e. The normalized spacial score (nSPS) is 13.0. The molecule has 0 saturated heterocycles. The van der Waals surface area contributed by atoms with Crippen molar-refractivity contribution in [3.05, 3.63) is 28.0 Å². The van der Waals surface area contributed by atoms with Gasteiger partial charge >= 0.3 is 0 Å². The van der Waals surface area contributed by atoms with E-state index in [0.717, 1.165) is 6.42 Å². The second-order valence-corrected chi connectivity index (χ2v) is 3.38. The van der Waals surface area contributed by atoms with E-state index >= 15 is 0 Å². The number of rotatable bonds is 2. The lowest BCUT2D eigenvalue weighted by molar-refractivity contribution is 0.676. The van der Waals surface area contributed by atoms with Gasteiger partial charge in [0.1, 0.15) is 0 Å². The van der Waals surface area contributed by atoms with Gasteiger partial charge in [0.2, 0.25) is 0 Å². The van der Waals surface area contributed by atoms with Crippen LogP contribution in [0.15, 0.2) is 12.3 Å². The molecule has 1 aromatic heterocycles. The molecule has 0 unspecified atom stereocenters. The average Bonchev–Trinajstić information content (AvgIpc) is 2.03. The van der Waals surface area contributed by atoms with E-state index in [4.69, 9.17) is 28.9 Å². The van der Waals surface area contributed by atoms with Gasteiger partial charge in [-0.2, -0.15) is 0 Å². The summed E-state index contributed by atoms with van der Waals surface area (Å²) in [5, 5.41) is 1.07. The molecule has 0 aliphatic rings. The van der Waals surface area contributed by atoms with Crippen LogP contribution in [0, 0.1) is 0 Å². The van der Waals surface area contributed by atoms with Gasteiger partial charge in [-0.15, -0.1) is 0 Å². The summed E-state index contributed by atoms with van der Waals surface area (Å²) in [6, 6.07) is 1.55. The highest BCUT2D eigenvalue weighted by Gasteiger charge is 2.09. The van der Waals surface area contributed by atoms with Crippen molar-refractivity contribution in [2.75, 3.05) is 0 Å². The van der Waals surface area contributed by atoms with Crippen molar-refractivity contribution in [2.45, 2.75) is 19.4 Å². The Morgan fingerprint density at radius 3 is 2.75 bits per heavy atom. The summed E-state index contributed by atoms with van der Waals surface area (Å²) in [7, 11) is 0. The molecule has 1 aromatic rings. The van der Waals surface area contributed by atoms with Crippen LogP contribution in [-0.2, 0) is 0 Å². The van der Waals surface area contributed by atoms with Crippen molar-refractivity contribution >= 4 is 23.2 Å². The molecular weight excluding hydrogens is 195 g/mol. The van der Waals surface area contributed by atoms with Crippen LogP contribution in [0.1, 0.15) is 25.1 Å². The van der Waals surface area contributed by atoms with E-state index in [1.54, 1.807) is 12.3 Å². The first kappa shape index (κ1) is 9.78. The van der Waals surface area contributed by atoms with Crippen molar-refractivity contribution in [2.24, 2.45) is 5.73 Å². The van der Waals surface area contributed by atoms with Crippen LogP contribution < -0.4 is 5.73 Å². The Hall–Kier alpha value is -0.310. The average molecular weight is 205 g/mol. The van der Waals surface area contributed by atoms with Crippen LogP contribution in [-0.4, -0.2) is 4.98 Å². The zero-order valence-electron chi connectivity index (χ0n) is 6.72. The van der Waals surface area contributed by atoms with Crippen molar-refractivity contribution in [3.63, 3.8) is 0 Å². The molecule has 4 heteroatoms. The summed E-state index contributed by atoms with van der Waals surface area (Å²) in [5.41, 5.74) is 6.47. The SMILES string of the molecule is CC[C@@H](N)c1ncc(Cl)cc1Cl. The van der Waals surface area contributed by atoms with Crippen LogP contribution in [0.5, 0.6) is 0 Å². The van der Waals surface area contributed by atoms with E-state index in [1.807, 2.05) is 6.92 Å². The summed E-state index contributed by atoms with van der Waals surface area (Å²) in [6.07, 6.45) is 2.37. The Kier molecular flexibility index (Phi) is 3.32. The number of nitrogens with zero attached hydrogens (tertiary/aromatic N) is 1. The van der Waals surface area contributed by atoms with Crippen molar-refractivity contribution in [1.29, 1.82) is 0 Å². The first-order valence-electron chi connectivity index (χ1n) is 3.71. The number of hydrogen-bond acceptors (Lipinski definition) is 2. The minimum absolute atomic E-state index is 0.102. The molecule has 0 aromatic carbocycles. The van der Waals surface area contributed by atoms with Crippen molar-refractivity contribution < 1.29 is 0 Å². The Morgan fingerprint density at radius 1 is 1.58 bits per heavy atom. The minimum atomic E-state index is -0.102. The number of hydrogen-bond donors (Lipinski definition) is 1. The topological polar surface area (TPSA) is 38.9 Å². The highest BCUT2D eigenvalue weighted by atomic mass is 35.5. The van der Waals surface area contributed by atoms with Gasteiger partial charge < -0.3 is 5.73 Å². The summed E-state index contributed by atoms with van der Waals surface area (Å²) in [4.78, 5) is 4.06. The second kappa shape index (κ2) is 4.08. The first-order chi connectivity index (χ1) is 5.65. The second-order valence-electron chi connectivity index (χ2n) is 2.54. The summed E-state index contributed by atoms with van der Waals surface area (Å²) < 4.78 is 0. The Morgan fingerprint density at radius 2 is 2.25 bits per heavy atom. The molecule has 0 fully saturated rings. The molecule has 1 heterocycles. The van der Waals surface area contributed by atoms with E-state index in [-0.39, 0.29) is 6.04 Å². The molecular formula is C8H10Cl2N2. The summed E-state index contributed by atoms with van der Waals surface area (Å²) >= 11 is 11.6. The molecule has 1 atom stereocenters. The molecule has 66 valence electrons. The van der Waals surface area contributed by atoms with E-state index in [2.05, 4.69) is 4.98 Å². The Bertz CT molecular complexity index is 276. The lowest BCUT2D eigenvalue weighted by Crippen LogP contribution is -2.10. The maximum atomic E-state index is 5.88. The molecule has 0 spiro atoms. The van der Waals surface area contributed by atoms with Gasteiger partial charge in [-0.05, 0) is 12.5 Å². The lowest BCUT2D eigenvalue weighted by Gasteiger charge is -2.09. The standard InChI is InChI=1S/C8H10Cl2N2/c1-2-7(11)8-6(10)3-5(9)4-12-8/h3-4,7H,2,11H2,1H3/t7-/m1/s1. The van der Waals surface area contributed by atoms with Crippen molar-refractivity contribution in [1.82, 2.24) is 4.98 Å². The highest BCUT2D eigenvalue weighted by Crippen LogP contribution is 2.23. The lowest BCUT2D eigenvalue weighted by atomic mass is 10.1. The van der Waals surface area contributed by atoms with Gasteiger partial charge in [0.05, 0.1) is 15.7 Å². The molecule has 2 N–H and O–H groups in total. The van der Waals surface area contributed by atoms with Crippen LogP contribution in [0.25, 0.3) is 0 Å². The third-order valence-corrected chi connectivity index (χ3v) is 2.14. The summed E-state index contributed by atoms with van der Waals surface area (Å²) in [6.45, 7) is 1.98. The van der Waals surface area contributed by atoms with E-state index in [0.29, 0.717) is 15.7 Å². The van der Waals surface area contributed by atoms with E-state index in [9.17, 15) is 0 Å². The quantitative estimate of drug-likeness (QED) is 0.806. The molecule has 0 amide bonds. The van der Waals surface area contributed by atoms with Gasteiger partial charge in [0.15, 0.2) is 0 Å². The monoisotopic (exact) mass is 204 g/mol. The van der Waals surface area contributed by atoms with Gasteiger partial charge in [0.25, 0.3) is 0 Å². The van der Waals surface area contributed by atoms with Crippen molar-refractivity contribution in [3.8, 4) is 0 Å². The fourth-order valence-electron chi connectivity index (χ4n) is 0.891. The molecule has 0 aliphatic heterocycles. The first-order valence-corrected chi connectivity index (χ1v) is 4.47. The molecule has 2 nitrogen and oxygen atoms in total. The zero-order chi connectivity index (χ0) is 9.14. The Balaban J connectivity index is 3.01. The van der Waals surface area contributed by atoms with Gasteiger partial charge in [0, 0.05) is 12.2 Å². The highest BCUT2D eigenvalue weighted by molar-refractivity contribution is 6.34. The predicted octanol–water partition coefficient (Wildman–Crippen LogP) is 2.80. The maximum absolute atomic E-state index is 5.88. The molecule has 0 saturated carbocycles. The van der Waals surface area contributed by atoms with Gasteiger partial charge in [-0.3, -0.25) is 4.98 Å². The molecule has 1 rings (SSSR count). The number of nitrogens with two attached hydrogens (primary N) is 1. The number of aromatic nitrogens is 1. The summed E-state index contributed by atoms with van der Waals surface area (Å²) in [5.74, 6) is 0. The fraction of sp³-hybridized carbons (Fsp3) is 0.375. The zero-order valence-corrected chi connectivity index (χ0v) is 8.23. The molecule has 0 aliphatic carbocycles. The smallest absolute Gasteiger partial charge is 0.0757 e. The fourth-order valence-corrected chi connectivity index (χ4v) is 1.41. The van der Waals surface area contributed by atoms with Crippen LogP contribution in [0.2, 0.25) is 10.0 Å². The predicted molar refractivity (Wildman–Crippen MR) is 51.5 cm³/mol. The Labute approximate surface area is 81.7 Å². The molecule has 0 bridgehead atoms.